The topological polar surface area (TPSA) is 62.2 Å². The first kappa shape index (κ1) is 11.6. The summed E-state index contributed by atoms with van der Waals surface area (Å²) >= 11 is 1.56. The van der Waals surface area contributed by atoms with Crippen LogP contribution in [-0.4, -0.2) is 16.0 Å². The fourth-order valence-corrected chi connectivity index (χ4v) is 2.08. The Bertz CT molecular complexity index is 520. The highest BCUT2D eigenvalue weighted by molar-refractivity contribution is 7.11. The highest BCUT2D eigenvalue weighted by Gasteiger charge is 2.06. The van der Waals surface area contributed by atoms with Gasteiger partial charge in [0.15, 0.2) is 0 Å². The van der Waals surface area contributed by atoms with Crippen LogP contribution in [0.15, 0.2) is 30.5 Å². The standard InChI is InChI=1S/C12H12N2O2S/c1-8-6-13-11(17-8)7-14-12(16)9-2-4-10(15)5-3-9/h2-6,15H,7H2,1H3,(H,14,16). The van der Waals surface area contributed by atoms with Gasteiger partial charge in [-0.15, -0.1) is 11.3 Å². The Balaban J connectivity index is 1.95. The number of rotatable bonds is 3. The van der Waals surface area contributed by atoms with Crippen molar-refractivity contribution in [3.8, 4) is 5.75 Å². The van der Waals surface area contributed by atoms with E-state index < -0.39 is 0 Å². The van der Waals surface area contributed by atoms with Crippen LogP contribution in [0.3, 0.4) is 0 Å². The molecule has 0 aliphatic carbocycles. The number of amides is 1. The molecule has 2 rings (SSSR count). The lowest BCUT2D eigenvalue weighted by Gasteiger charge is -2.02. The molecule has 88 valence electrons. The quantitative estimate of drug-likeness (QED) is 0.874. The van der Waals surface area contributed by atoms with Crippen molar-refractivity contribution in [1.82, 2.24) is 10.3 Å². The molecule has 0 fully saturated rings. The van der Waals surface area contributed by atoms with Gasteiger partial charge >= 0.3 is 0 Å². The molecule has 2 aromatic rings. The minimum atomic E-state index is -0.169. The molecule has 0 unspecified atom stereocenters. The number of phenols is 1. The molecule has 0 aliphatic rings. The molecule has 1 aromatic heterocycles. The normalized spacial score (nSPS) is 10.2. The van der Waals surface area contributed by atoms with E-state index in [4.69, 9.17) is 5.11 Å². The smallest absolute Gasteiger partial charge is 0.251 e. The summed E-state index contributed by atoms with van der Waals surface area (Å²) in [5.74, 6) is -0.0186. The lowest BCUT2D eigenvalue weighted by atomic mass is 10.2. The van der Waals surface area contributed by atoms with Crippen molar-refractivity contribution in [1.29, 1.82) is 0 Å². The van der Waals surface area contributed by atoms with E-state index in [-0.39, 0.29) is 11.7 Å². The van der Waals surface area contributed by atoms with Gasteiger partial charge in [-0.25, -0.2) is 4.98 Å². The maximum Gasteiger partial charge on any atom is 0.251 e. The maximum atomic E-state index is 11.7. The summed E-state index contributed by atoms with van der Waals surface area (Å²) in [7, 11) is 0. The van der Waals surface area contributed by atoms with Gasteiger partial charge in [0.05, 0.1) is 6.54 Å². The lowest BCUT2D eigenvalue weighted by Crippen LogP contribution is -2.22. The number of phenolic OH excluding ortho intramolecular Hbond substituents is 1. The average Bonchev–Trinajstić information content (AvgIpc) is 2.73. The molecule has 0 atom stereocenters. The first-order valence-corrected chi connectivity index (χ1v) is 5.95. The molecule has 2 N–H and O–H groups in total. The molecule has 0 radical (unpaired) electrons. The first-order valence-electron chi connectivity index (χ1n) is 5.13. The van der Waals surface area contributed by atoms with Crippen molar-refractivity contribution < 1.29 is 9.90 Å². The van der Waals surface area contributed by atoms with E-state index in [0.29, 0.717) is 12.1 Å². The summed E-state index contributed by atoms with van der Waals surface area (Å²) in [6.45, 7) is 2.40. The van der Waals surface area contributed by atoms with Crippen LogP contribution in [0.1, 0.15) is 20.2 Å². The lowest BCUT2D eigenvalue weighted by molar-refractivity contribution is 0.0951. The number of aryl methyl sites for hydroxylation is 1. The number of benzene rings is 1. The van der Waals surface area contributed by atoms with Crippen LogP contribution in [0.4, 0.5) is 0 Å². The monoisotopic (exact) mass is 248 g/mol. The SMILES string of the molecule is Cc1cnc(CNC(=O)c2ccc(O)cc2)s1. The van der Waals surface area contributed by atoms with Gasteiger partial charge in [0.1, 0.15) is 10.8 Å². The van der Waals surface area contributed by atoms with E-state index in [9.17, 15) is 4.79 Å². The number of carbonyl (C=O) groups excluding carboxylic acids is 1. The highest BCUT2D eigenvalue weighted by Crippen LogP contribution is 2.12. The van der Waals surface area contributed by atoms with E-state index >= 15 is 0 Å². The fourth-order valence-electron chi connectivity index (χ4n) is 1.35. The van der Waals surface area contributed by atoms with Crippen molar-refractivity contribution in [3.63, 3.8) is 0 Å². The van der Waals surface area contributed by atoms with Crippen LogP contribution in [0.25, 0.3) is 0 Å². The maximum absolute atomic E-state index is 11.7. The van der Waals surface area contributed by atoms with Crippen molar-refractivity contribution in [3.05, 3.63) is 45.9 Å². The van der Waals surface area contributed by atoms with Gasteiger partial charge in [-0.05, 0) is 31.2 Å². The Morgan fingerprint density at radius 2 is 2.12 bits per heavy atom. The van der Waals surface area contributed by atoms with Gasteiger partial charge in [-0.2, -0.15) is 0 Å². The molecule has 1 heterocycles. The van der Waals surface area contributed by atoms with E-state index in [1.54, 1.807) is 29.7 Å². The van der Waals surface area contributed by atoms with E-state index in [2.05, 4.69) is 10.3 Å². The van der Waals surface area contributed by atoms with Crippen molar-refractivity contribution >= 4 is 17.2 Å². The van der Waals surface area contributed by atoms with Crippen LogP contribution >= 0.6 is 11.3 Å². The van der Waals surface area contributed by atoms with Crippen molar-refractivity contribution in [2.75, 3.05) is 0 Å². The second kappa shape index (κ2) is 4.97. The molecule has 0 spiro atoms. The summed E-state index contributed by atoms with van der Waals surface area (Å²) in [5, 5.41) is 12.8. The van der Waals surface area contributed by atoms with Gasteiger partial charge < -0.3 is 10.4 Å². The molecule has 0 bridgehead atoms. The average molecular weight is 248 g/mol. The van der Waals surface area contributed by atoms with Gasteiger partial charge in [0.25, 0.3) is 5.91 Å². The zero-order chi connectivity index (χ0) is 12.3. The van der Waals surface area contributed by atoms with Gasteiger partial charge in [0.2, 0.25) is 0 Å². The van der Waals surface area contributed by atoms with E-state index in [1.807, 2.05) is 6.92 Å². The van der Waals surface area contributed by atoms with Crippen LogP contribution in [0.5, 0.6) is 5.75 Å². The van der Waals surface area contributed by atoms with Gasteiger partial charge in [-0.1, -0.05) is 0 Å². The molecule has 17 heavy (non-hydrogen) atoms. The van der Waals surface area contributed by atoms with E-state index in [1.165, 1.54) is 12.1 Å². The predicted octanol–water partition coefficient (Wildman–Crippen LogP) is 2.09. The molecular weight excluding hydrogens is 236 g/mol. The molecule has 5 heteroatoms. The fraction of sp³-hybridized carbons (Fsp3) is 0.167. The van der Waals surface area contributed by atoms with Crippen LogP contribution < -0.4 is 5.32 Å². The van der Waals surface area contributed by atoms with Crippen LogP contribution in [0, 0.1) is 6.92 Å². The minimum absolute atomic E-state index is 0.150. The van der Waals surface area contributed by atoms with Crippen LogP contribution in [-0.2, 0) is 6.54 Å². The minimum Gasteiger partial charge on any atom is -0.508 e. The van der Waals surface area contributed by atoms with Crippen LogP contribution in [0.2, 0.25) is 0 Å². The summed E-state index contributed by atoms with van der Waals surface area (Å²) < 4.78 is 0. The van der Waals surface area contributed by atoms with E-state index in [0.717, 1.165) is 9.88 Å². The zero-order valence-corrected chi connectivity index (χ0v) is 10.1. The predicted molar refractivity (Wildman–Crippen MR) is 66.1 cm³/mol. The Labute approximate surface area is 103 Å². The zero-order valence-electron chi connectivity index (χ0n) is 9.30. The number of carbonyl (C=O) groups is 1. The van der Waals surface area contributed by atoms with Gasteiger partial charge in [-0.3, -0.25) is 4.79 Å². The number of hydrogen-bond acceptors (Lipinski definition) is 4. The summed E-state index contributed by atoms with van der Waals surface area (Å²) in [6, 6.07) is 6.14. The second-order valence-electron chi connectivity index (χ2n) is 3.59. The number of hydrogen-bond donors (Lipinski definition) is 2. The Morgan fingerprint density at radius 3 is 2.71 bits per heavy atom. The van der Waals surface area contributed by atoms with Gasteiger partial charge in [0, 0.05) is 16.6 Å². The molecular formula is C12H12N2O2S. The number of aromatic nitrogens is 1. The summed E-state index contributed by atoms with van der Waals surface area (Å²) in [4.78, 5) is 17.0. The molecule has 0 aliphatic heterocycles. The third kappa shape index (κ3) is 3.04. The molecule has 0 saturated heterocycles. The third-order valence-corrected chi connectivity index (χ3v) is 3.11. The molecule has 4 nitrogen and oxygen atoms in total. The second-order valence-corrected chi connectivity index (χ2v) is 4.91. The first-order chi connectivity index (χ1) is 8.15. The highest BCUT2D eigenvalue weighted by atomic mass is 32.1. The summed E-state index contributed by atoms with van der Waals surface area (Å²) in [5.41, 5.74) is 0.524. The Morgan fingerprint density at radius 1 is 1.41 bits per heavy atom. The van der Waals surface area contributed by atoms with Crippen molar-refractivity contribution in [2.45, 2.75) is 13.5 Å². The number of thiazole rings is 1. The largest absolute Gasteiger partial charge is 0.508 e. The van der Waals surface area contributed by atoms with Crippen molar-refractivity contribution in [2.24, 2.45) is 0 Å². The Kier molecular flexibility index (Phi) is 3.39. The third-order valence-electron chi connectivity index (χ3n) is 2.20. The molecule has 1 aromatic carbocycles. The molecule has 1 amide bonds. The molecule has 0 saturated carbocycles. The number of nitrogens with zero attached hydrogens (tertiary/aromatic N) is 1. The number of aromatic hydroxyl groups is 1. The number of nitrogens with one attached hydrogen (secondary N) is 1. The Hall–Kier alpha value is -1.88. The summed E-state index contributed by atoms with van der Waals surface area (Å²) in [6.07, 6.45) is 1.78.